The number of hydrogen-bond donors (Lipinski definition) is 2. The summed E-state index contributed by atoms with van der Waals surface area (Å²) in [5, 5.41) is 13.1. The fourth-order valence-corrected chi connectivity index (χ4v) is 3.22. The van der Waals surface area contributed by atoms with Gasteiger partial charge in [-0.2, -0.15) is 0 Å². The summed E-state index contributed by atoms with van der Waals surface area (Å²) in [6, 6.07) is 15.1. The second-order valence-electron chi connectivity index (χ2n) is 5.98. The molecule has 3 unspecified atom stereocenters. The number of aliphatic hydroxyl groups is 1. The van der Waals surface area contributed by atoms with Crippen molar-refractivity contribution >= 4 is 0 Å². The van der Waals surface area contributed by atoms with Gasteiger partial charge in [-0.1, -0.05) is 30.3 Å². The zero-order valence-electron chi connectivity index (χ0n) is 13.0. The van der Waals surface area contributed by atoms with Crippen LogP contribution in [0.2, 0.25) is 0 Å². The van der Waals surface area contributed by atoms with E-state index in [9.17, 15) is 5.11 Å². The van der Waals surface area contributed by atoms with Gasteiger partial charge in [-0.05, 0) is 31.0 Å². The zero-order valence-corrected chi connectivity index (χ0v) is 13.0. The van der Waals surface area contributed by atoms with Gasteiger partial charge >= 0.3 is 0 Å². The van der Waals surface area contributed by atoms with Crippen molar-refractivity contribution in [2.45, 2.75) is 31.5 Å². The minimum Gasteiger partial charge on any atom is -0.468 e. The molecule has 22 heavy (non-hydrogen) atoms. The molecule has 3 rings (SSSR count). The van der Waals surface area contributed by atoms with Crippen LogP contribution in [-0.2, 0) is 0 Å². The predicted octanol–water partition coefficient (Wildman–Crippen LogP) is 2.74. The Morgan fingerprint density at radius 3 is 2.77 bits per heavy atom. The Hall–Kier alpha value is -1.62. The summed E-state index contributed by atoms with van der Waals surface area (Å²) >= 11 is 0. The van der Waals surface area contributed by atoms with E-state index in [2.05, 4.69) is 47.5 Å². The van der Waals surface area contributed by atoms with E-state index in [1.54, 1.807) is 6.26 Å². The quantitative estimate of drug-likeness (QED) is 0.861. The first-order chi connectivity index (χ1) is 10.8. The molecule has 118 valence electrons. The first-order valence-corrected chi connectivity index (χ1v) is 7.97. The topological polar surface area (TPSA) is 48.6 Å². The molecule has 0 spiro atoms. The lowest BCUT2D eigenvalue weighted by Crippen LogP contribution is -2.37. The third-order valence-corrected chi connectivity index (χ3v) is 4.56. The number of aliphatic hydroxyl groups excluding tert-OH is 1. The number of nitrogens with zero attached hydrogens (tertiary/aromatic N) is 1. The predicted molar refractivity (Wildman–Crippen MR) is 86.5 cm³/mol. The smallest absolute Gasteiger partial charge is 0.123 e. The first-order valence-electron chi connectivity index (χ1n) is 7.97. The summed E-state index contributed by atoms with van der Waals surface area (Å²) in [6.45, 7) is 4.38. The maximum Gasteiger partial charge on any atom is 0.123 e. The van der Waals surface area contributed by atoms with Crippen LogP contribution in [0, 0.1) is 0 Å². The average Bonchev–Trinajstić information content (AvgIpc) is 3.24. The van der Waals surface area contributed by atoms with Gasteiger partial charge in [-0.25, -0.2) is 0 Å². The van der Waals surface area contributed by atoms with Gasteiger partial charge < -0.3 is 14.8 Å². The second-order valence-corrected chi connectivity index (χ2v) is 5.98. The average molecular weight is 300 g/mol. The third-order valence-electron chi connectivity index (χ3n) is 4.56. The molecule has 1 saturated heterocycles. The summed E-state index contributed by atoms with van der Waals surface area (Å²) in [5.74, 6) is 0.803. The maximum absolute atomic E-state index is 9.58. The van der Waals surface area contributed by atoms with Crippen LogP contribution in [0.4, 0.5) is 0 Å². The van der Waals surface area contributed by atoms with Gasteiger partial charge in [0, 0.05) is 25.2 Å². The van der Waals surface area contributed by atoms with Crippen LogP contribution < -0.4 is 5.32 Å². The highest BCUT2D eigenvalue weighted by atomic mass is 16.3. The Bertz CT molecular complexity index is 556. The van der Waals surface area contributed by atoms with E-state index in [4.69, 9.17) is 4.42 Å². The fraction of sp³-hybridized carbons (Fsp3) is 0.444. The summed E-state index contributed by atoms with van der Waals surface area (Å²) < 4.78 is 5.40. The normalized spacial score (nSPS) is 21.8. The molecule has 0 amide bonds. The Balaban J connectivity index is 1.58. The number of hydrogen-bond acceptors (Lipinski definition) is 4. The van der Waals surface area contributed by atoms with Crippen molar-refractivity contribution in [1.82, 2.24) is 10.2 Å². The molecular weight excluding hydrogens is 276 g/mol. The van der Waals surface area contributed by atoms with Crippen molar-refractivity contribution in [2.24, 2.45) is 0 Å². The Kier molecular flexibility index (Phi) is 4.93. The van der Waals surface area contributed by atoms with Crippen LogP contribution in [0.1, 0.15) is 36.8 Å². The minimum atomic E-state index is -0.119. The molecule has 1 aliphatic rings. The molecule has 0 saturated carbocycles. The molecule has 3 atom stereocenters. The highest BCUT2D eigenvalue weighted by molar-refractivity contribution is 5.18. The van der Waals surface area contributed by atoms with Crippen LogP contribution in [-0.4, -0.2) is 35.7 Å². The molecule has 1 aromatic carbocycles. The number of nitrogens with one attached hydrogen (secondary N) is 1. The summed E-state index contributed by atoms with van der Waals surface area (Å²) in [4.78, 5) is 2.49. The Morgan fingerprint density at radius 2 is 2.09 bits per heavy atom. The molecule has 4 heteroatoms. The van der Waals surface area contributed by atoms with Crippen LogP contribution in [0.3, 0.4) is 0 Å². The molecule has 1 aromatic heterocycles. The molecule has 0 aliphatic carbocycles. The van der Waals surface area contributed by atoms with Crippen LogP contribution in [0.5, 0.6) is 0 Å². The minimum absolute atomic E-state index is 0.0538. The van der Waals surface area contributed by atoms with Crippen molar-refractivity contribution < 1.29 is 9.52 Å². The van der Waals surface area contributed by atoms with Gasteiger partial charge in [0.25, 0.3) is 0 Å². The van der Waals surface area contributed by atoms with Gasteiger partial charge in [0.05, 0.1) is 18.9 Å². The number of benzene rings is 1. The van der Waals surface area contributed by atoms with Crippen LogP contribution in [0.15, 0.2) is 53.1 Å². The van der Waals surface area contributed by atoms with Crippen molar-refractivity contribution in [3.63, 3.8) is 0 Å². The highest BCUT2D eigenvalue weighted by Gasteiger charge is 2.28. The SMILES string of the molecule is CC(c1ccccc1)N1CCC(NC(CO)c2ccco2)C1. The van der Waals surface area contributed by atoms with Crippen LogP contribution >= 0.6 is 0 Å². The number of furan rings is 1. The second kappa shape index (κ2) is 7.09. The van der Waals surface area contributed by atoms with Gasteiger partial charge in [-0.15, -0.1) is 0 Å². The molecule has 1 aliphatic heterocycles. The third kappa shape index (κ3) is 3.40. The molecule has 2 aromatic rings. The van der Waals surface area contributed by atoms with Gasteiger partial charge in [-0.3, -0.25) is 4.90 Å². The van der Waals surface area contributed by atoms with Gasteiger partial charge in [0.1, 0.15) is 5.76 Å². The van der Waals surface area contributed by atoms with E-state index in [1.165, 1.54) is 5.56 Å². The van der Waals surface area contributed by atoms with Gasteiger partial charge in [0.15, 0.2) is 0 Å². The molecule has 0 bridgehead atoms. The van der Waals surface area contributed by atoms with E-state index in [-0.39, 0.29) is 12.6 Å². The van der Waals surface area contributed by atoms with E-state index < -0.39 is 0 Å². The molecular formula is C18H24N2O2. The fourth-order valence-electron chi connectivity index (χ4n) is 3.22. The molecule has 1 fully saturated rings. The zero-order chi connectivity index (χ0) is 15.4. The van der Waals surface area contributed by atoms with E-state index in [0.29, 0.717) is 12.1 Å². The summed E-state index contributed by atoms with van der Waals surface area (Å²) in [5.41, 5.74) is 1.35. The van der Waals surface area contributed by atoms with Crippen molar-refractivity contribution in [1.29, 1.82) is 0 Å². The molecule has 4 nitrogen and oxygen atoms in total. The monoisotopic (exact) mass is 300 g/mol. The molecule has 2 heterocycles. The van der Waals surface area contributed by atoms with Crippen molar-refractivity contribution in [3.05, 3.63) is 60.1 Å². The number of likely N-dealkylation sites (tertiary alicyclic amines) is 1. The Morgan fingerprint density at radius 1 is 1.27 bits per heavy atom. The van der Waals surface area contributed by atoms with Gasteiger partial charge in [0.2, 0.25) is 0 Å². The number of rotatable bonds is 6. The van der Waals surface area contributed by atoms with E-state index in [1.807, 2.05) is 12.1 Å². The molecule has 0 radical (unpaired) electrons. The van der Waals surface area contributed by atoms with Crippen molar-refractivity contribution in [3.8, 4) is 0 Å². The maximum atomic E-state index is 9.58. The summed E-state index contributed by atoms with van der Waals surface area (Å²) in [7, 11) is 0. The first kappa shape index (κ1) is 15.3. The van der Waals surface area contributed by atoms with E-state index in [0.717, 1.165) is 25.3 Å². The lowest BCUT2D eigenvalue weighted by molar-refractivity contribution is 0.207. The lowest BCUT2D eigenvalue weighted by Gasteiger charge is -2.25. The van der Waals surface area contributed by atoms with E-state index >= 15 is 0 Å². The van der Waals surface area contributed by atoms with Crippen LogP contribution in [0.25, 0.3) is 0 Å². The largest absolute Gasteiger partial charge is 0.468 e. The standard InChI is InChI=1S/C18H24N2O2/c1-14(15-6-3-2-4-7-15)20-10-9-16(12-20)19-17(13-21)18-8-5-11-22-18/h2-8,11,14,16-17,19,21H,9-10,12-13H2,1H3. The summed E-state index contributed by atoms with van der Waals surface area (Å²) in [6.07, 6.45) is 2.74. The highest BCUT2D eigenvalue weighted by Crippen LogP contribution is 2.25. The Labute approximate surface area is 131 Å². The lowest BCUT2D eigenvalue weighted by atomic mass is 10.1. The molecule has 2 N–H and O–H groups in total. The van der Waals surface area contributed by atoms with Crippen molar-refractivity contribution in [2.75, 3.05) is 19.7 Å².